The summed E-state index contributed by atoms with van der Waals surface area (Å²) in [4.78, 5) is 13.4. The van der Waals surface area contributed by atoms with Gasteiger partial charge in [0.05, 0.1) is 5.75 Å². The summed E-state index contributed by atoms with van der Waals surface area (Å²) in [5.41, 5.74) is 3.10. The number of nitrogens with zero attached hydrogens (tertiary/aromatic N) is 1. The highest BCUT2D eigenvalue weighted by molar-refractivity contribution is 7.91. The predicted octanol–water partition coefficient (Wildman–Crippen LogP) is 3.69. The van der Waals surface area contributed by atoms with Crippen molar-refractivity contribution < 1.29 is 13.2 Å². The van der Waals surface area contributed by atoms with Gasteiger partial charge >= 0.3 is 0 Å². The van der Waals surface area contributed by atoms with E-state index in [0.717, 1.165) is 27.6 Å². The third-order valence-corrected chi connectivity index (χ3v) is 6.16. The molecule has 5 nitrogen and oxygen atoms in total. The van der Waals surface area contributed by atoms with Crippen LogP contribution in [-0.4, -0.2) is 21.4 Å². The minimum atomic E-state index is -3.56. The van der Waals surface area contributed by atoms with Crippen molar-refractivity contribution in [2.75, 3.05) is 16.7 Å². The van der Waals surface area contributed by atoms with E-state index >= 15 is 0 Å². The molecule has 0 radical (unpaired) electrons. The molecular formula is C21H20N2O3S. The van der Waals surface area contributed by atoms with Crippen LogP contribution in [-0.2, 0) is 27.0 Å². The van der Waals surface area contributed by atoms with Gasteiger partial charge in [-0.25, -0.2) is 8.42 Å². The van der Waals surface area contributed by atoms with Crippen molar-refractivity contribution in [3.05, 3.63) is 71.8 Å². The molecule has 1 aliphatic heterocycles. The van der Waals surface area contributed by atoms with Crippen molar-refractivity contribution in [2.24, 2.45) is 0 Å². The molecule has 0 atom stereocenters. The zero-order valence-electron chi connectivity index (χ0n) is 15.0. The van der Waals surface area contributed by atoms with Crippen LogP contribution in [0.15, 0.2) is 60.7 Å². The van der Waals surface area contributed by atoms with Gasteiger partial charge in [-0.15, -0.1) is 0 Å². The van der Waals surface area contributed by atoms with E-state index in [1.807, 2.05) is 48.5 Å². The van der Waals surface area contributed by atoms with Crippen molar-refractivity contribution in [3.8, 4) is 0 Å². The minimum Gasteiger partial charge on any atom is -0.315 e. The van der Waals surface area contributed by atoms with Crippen LogP contribution in [0.2, 0.25) is 0 Å². The summed E-state index contributed by atoms with van der Waals surface area (Å²) >= 11 is 0. The zero-order chi connectivity index (χ0) is 19.0. The molecule has 3 aromatic rings. The number of hydrogen-bond donors (Lipinski definition) is 1. The molecular weight excluding hydrogens is 360 g/mol. The van der Waals surface area contributed by atoms with Crippen LogP contribution in [0.25, 0.3) is 10.8 Å². The fraction of sp³-hybridized carbons (Fsp3) is 0.190. The highest BCUT2D eigenvalue weighted by Gasteiger charge is 2.22. The molecule has 0 bridgehead atoms. The van der Waals surface area contributed by atoms with Crippen LogP contribution in [0.4, 0.5) is 11.4 Å². The van der Waals surface area contributed by atoms with Gasteiger partial charge in [-0.3, -0.25) is 9.52 Å². The summed E-state index contributed by atoms with van der Waals surface area (Å²) in [6, 6.07) is 18.8. The maximum atomic E-state index is 12.7. The van der Waals surface area contributed by atoms with Gasteiger partial charge in [0.1, 0.15) is 0 Å². The SMILES string of the molecule is CN1C(=O)CCc2cc(NS(=O)(=O)Cc3cccc4ccccc34)ccc21. The minimum absolute atomic E-state index is 0.0757. The molecule has 1 amide bonds. The average molecular weight is 380 g/mol. The molecule has 0 aliphatic carbocycles. The number of amides is 1. The first-order chi connectivity index (χ1) is 12.9. The number of carbonyl (C=O) groups excluding carboxylic acids is 1. The number of aryl methyl sites for hydroxylation is 1. The van der Waals surface area contributed by atoms with Crippen LogP contribution in [0.1, 0.15) is 17.5 Å². The largest absolute Gasteiger partial charge is 0.315 e. The van der Waals surface area contributed by atoms with Gasteiger partial charge in [0.15, 0.2) is 0 Å². The number of rotatable bonds is 4. The van der Waals surface area contributed by atoms with E-state index in [2.05, 4.69) is 4.72 Å². The molecule has 1 N–H and O–H groups in total. The van der Waals surface area contributed by atoms with Gasteiger partial charge in [-0.05, 0) is 46.5 Å². The van der Waals surface area contributed by atoms with Crippen molar-refractivity contribution in [2.45, 2.75) is 18.6 Å². The van der Waals surface area contributed by atoms with Crippen LogP contribution in [0.3, 0.4) is 0 Å². The Balaban J connectivity index is 1.59. The van der Waals surface area contributed by atoms with E-state index in [9.17, 15) is 13.2 Å². The summed E-state index contributed by atoms with van der Waals surface area (Å²) < 4.78 is 28.1. The quantitative estimate of drug-likeness (QED) is 0.751. The molecule has 3 aromatic carbocycles. The Labute approximate surface area is 158 Å². The Hall–Kier alpha value is -2.86. The van der Waals surface area contributed by atoms with E-state index in [-0.39, 0.29) is 11.7 Å². The Morgan fingerprint density at radius 1 is 1.00 bits per heavy atom. The molecule has 1 heterocycles. The standard InChI is InChI=1S/C21H20N2O3S/c1-23-20-11-10-18(13-16(20)9-12-21(23)24)22-27(25,26)14-17-7-4-6-15-5-2-3-8-19(15)17/h2-8,10-11,13,22H,9,12,14H2,1H3. The smallest absolute Gasteiger partial charge is 0.236 e. The molecule has 0 fully saturated rings. The first-order valence-corrected chi connectivity index (χ1v) is 10.4. The topological polar surface area (TPSA) is 66.5 Å². The van der Waals surface area contributed by atoms with Crippen molar-refractivity contribution >= 4 is 38.1 Å². The second kappa shape index (κ2) is 6.70. The fourth-order valence-corrected chi connectivity index (χ4v) is 4.78. The Kier molecular flexibility index (Phi) is 4.36. The number of nitrogens with one attached hydrogen (secondary N) is 1. The van der Waals surface area contributed by atoms with Crippen molar-refractivity contribution in [1.29, 1.82) is 0 Å². The zero-order valence-corrected chi connectivity index (χ0v) is 15.8. The van der Waals surface area contributed by atoms with Crippen molar-refractivity contribution in [3.63, 3.8) is 0 Å². The Morgan fingerprint density at radius 2 is 1.78 bits per heavy atom. The maximum Gasteiger partial charge on any atom is 0.236 e. The second-order valence-electron chi connectivity index (χ2n) is 6.80. The summed E-state index contributed by atoms with van der Waals surface area (Å²) in [7, 11) is -1.82. The first kappa shape index (κ1) is 17.5. The average Bonchev–Trinajstić information content (AvgIpc) is 2.64. The van der Waals surface area contributed by atoms with E-state index in [0.29, 0.717) is 18.5 Å². The van der Waals surface area contributed by atoms with Crippen LogP contribution in [0, 0.1) is 0 Å². The molecule has 0 aromatic heterocycles. The summed E-state index contributed by atoms with van der Waals surface area (Å²) in [5, 5.41) is 1.96. The number of benzene rings is 3. The molecule has 0 saturated heterocycles. The number of carbonyl (C=O) groups is 1. The van der Waals surface area contributed by atoms with Crippen LogP contribution < -0.4 is 9.62 Å². The Morgan fingerprint density at radius 3 is 2.63 bits per heavy atom. The number of sulfonamides is 1. The van der Waals surface area contributed by atoms with Crippen LogP contribution in [0.5, 0.6) is 0 Å². The molecule has 6 heteroatoms. The lowest BCUT2D eigenvalue weighted by molar-refractivity contribution is -0.118. The lowest BCUT2D eigenvalue weighted by Crippen LogP contribution is -2.31. The van der Waals surface area contributed by atoms with Gasteiger partial charge in [0.25, 0.3) is 0 Å². The second-order valence-corrected chi connectivity index (χ2v) is 8.52. The molecule has 27 heavy (non-hydrogen) atoms. The molecule has 1 aliphatic rings. The van der Waals surface area contributed by atoms with Gasteiger partial charge < -0.3 is 4.90 Å². The number of anilines is 2. The van der Waals surface area contributed by atoms with E-state index in [1.165, 1.54) is 0 Å². The maximum absolute atomic E-state index is 12.7. The molecule has 138 valence electrons. The van der Waals surface area contributed by atoms with E-state index < -0.39 is 10.0 Å². The number of fused-ring (bicyclic) bond motifs is 2. The van der Waals surface area contributed by atoms with E-state index in [4.69, 9.17) is 0 Å². The summed E-state index contributed by atoms with van der Waals surface area (Å²) in [6.07, 6.45) is 1.06. The molecule has 0 unspecified atom stereocenters. The third kappa shape index (κ3) is 3.53. The fourth-order valence-electron chi connectivity index (χ4n) is 3.56. The predicted molar refractivity (Wildman–Crippen MR) is 108 cm³/mol. The van der Waals surface area contributed by atoms with Crippen molar-refractivity contribution in [1.82, 2.24) is 0 Å². The summed E-state index contributed by atoms with van der Waals surface area (Å²) in [6.45, 7) is 0. The molecule has 4 rings (SSSR count). The van der Waals surface area contributed by atoms with Gasteiger partial charge in [0.2, 0.25) is 15.9 Å². The van der Waals surface area contributed by atoms with Crippen LogP contribution >= 0.6 is 0 Å². The molecule has 0 saturated carbocycles. The summed E-state index contributed by atoms with van der Waals surface area (Å²) in [5.74, 6) is -0.0177. The van der Waals surface area contributed by atoms with Gasteiger partial charge in [-0.1, -0.05) is 42.5 Å². The highest BCUT2D eigenvalue weighted by atomic mass is 32.2. The monoisotopic (exact) mass is 380 g/mol. The normalized spacial score (nSPS) is 14.3. The van der Waals surface area contributed by atoms with Gasteiger partial charge in [-0.2, -0.15) is 0 Å². The van der Waals surface area contributed by atoms with Gasteiger partial charge in [0, 0.05) is 24.8 Å². The number of hydrogen-bond acceptors (Lipinski definition) is 3. The lowest BCUT2D eigenvalue weighted by atomic mass is 10.0. The lowest BCUT2D eigenvalue weighted by Gasteiger charge is -2.26. The Bertz CT molecular complexity index is 1130. The molecule has 0 spiro atoms. The highest BCUT2D eigenvalue weighted by Crippen LogP contribution is 2.30. The third-order valence-electron chi connectivity index (χ3n) is 4.92. The van der Waals surface area contributed by atoms with E-state index in [1.54, 1.807) is 24.1 Å². The first-order valence-electron chi connectivity index (χ1n) is 8.79.